The highest BCUT2D eigenvalue weighted by molar-refractivity contribution is 9.10. The molecule has 112 valence electrons. The van der Waals surface area contributed by atoms with Gasteiger partial charge in [0.25, 0.3) is 0 Å². The Bertz CT molecular complexity index is 659. The number of halogens is 1. The minimum atomic E-state index is -1.08. The van der Waals surface area contributed by atoms with Crippen LogP contribution in [-0.4, -0.2) is 4.21 Å². The van der Waals surface area contributed by atoms with Gasteiger partial charge < -0.3 is 5.73 Å². The highest BCUT2D eigenvalue weighted by atomic mass is 79.9. The monoisotopic (exact) mass is 365 g/mol. The summed E-state index contributed by atoms with van der Waals surface area (Å²) < 4.78 is 13.3. The Morgan fingerprint density at radius 3 is 2.24 bits per heavy atom. The van der Waals surface area contributed by atoms with Gasteiger partial charge in [-0.3, -0.25) is 4.21 Å². The molecule has 1 unspecified atom stereocenters. The predicted molar refractivity (Wildman–Crippen MR) is 93.8 cm³/mol. The Morgan fingerprint density at radius 1 is 1.10 bits per heavy atom. The van der Waals surface area contributed by atoms with Gasteiger partial charge in [-0.2, -0.15) is 0 Å². The Hall–Kier alpha value is -1.13. The quantitative estimate of drug-likeness (QED) is 0.805. The van der Waals surface area contributed by atoms with Crippen molar-refractivity contribution in [1.29, 1.82) is 0 Å². The first-order valence-electron chi connectivity index (χ1n) is 6.80. The molecule has 0 bridgehead atoms. The van der Waals surface area contributed by atoms with Crippen LogP contribution >= 0.6 is 15.9 Å². The minimum Gasteiger partial charge on any atom is -0.399 e. The van der Waals surface area contributed by atoms with Crippen LogP contribution in [0.5, 0.6) is 0 Å². The van der Waals surface area contributed by atoms with Crippen LogP contribution in [0.4, 0.5) is 5.69 Å². The first-order chi connectivity index (χ1) is 9.77. The summed E-state index contributed by atoms with van der Waals surface area (Å²) in [6.07, 6.45) is 0. The smallest absolute Gasteiger partial charge is 0.0585 e. The van der Waals surface area contributed by atoms with Gasteiger partial charge in [0.1, 0.15) is 0 Å². The Kier molecular flexibility index (Phi) is 4.89. The lowest BCUT2D eigenvalue weighted by Crippen LogP contribution is -2.10. The molecule has 0 aliphatic heterocycles. The summed E-state index contributed by atoms with van der Waals surface area (Å²) >= 11 is 3.43. The molecule has 2 aromatic carbocycles. The summed E-state index contributed by atoms with van der Waals surface area (Å²) in [7, 11) is -1.08. The van der Waals surface area contributed by atoms with Crippen molar-refractivity contribution in [2.24, 2.45) is 0 Å². The summed E-state index contributed by atoms with van der Waals surface area (Å²) in [4.78, 5) is 0.782. The van der Waals surface area contributed by atoms with Crippen molar-refractivity contribution < 1.29 is 4.21 Å². The van der Waals surface area contributed by atoms with E-state index in [1.165, 1.54) is 5.56 Å². The van der Waals surface area contributed by atoms with E-state index in [-0.39, 0.29) is 5.41 Å². The van der Waals surface area contributed by atoms with Crippen LogP contribution < -0.4 is 5.73 Å². The third kappa shape index (κ3) is 4.17. The number of nitrogens with two attached hydrogens (primary N) is 1. The van der Waals surface area contributed by atoms with E-state index in [1.807, 2.05) is 6.07 Å². The van der Waals surface area contributed by atoms with Crippen LogP contribution in [0.15, 0.2) is 51.8 Å². The third-order valence-corrected chi connectivity index (χ3v) is 5.68. The molecule has 0 saturated heterocycles. The number of anilines is 1. The first kappa shape index (κ1) is 16.2. The molecule has 21 heavy (non-hydrogen) atoms. The van der Waals surface area contributed by atoms with E-state index in [0.29, 0.717) is 11.4 Å². The van der Waals surface area contributed by atoms with Crippen molar-refractivity contribution in [2.75, 3.05) is 5.73 Å². The van der Waals surface area contributed by atoms with Gasteiger partial charge in [0, 0.05) is 10.2 Å². The molecule has 0 aromatic heterocycles. The number of benzene rings is 2. The highest BCUT2D eigenvalue weighted by Crippen LogP contribution is 2.26. The number of nitrogen functional groups attached to an aromatic ring is 1. The summed E-state index contributed by atoms with van der Waals surface area (Å²) in [6, 6.07) is 13.7. The van der Waals surface area contributed by atoms with Crippen LogP contribution in [0.25, 0.3) is 0 Å². The van der Waals surface area contributed by atoms with Crippen molar-refractivity contribution in [3.63, 3.8) is 0 Å². The van der Waals surface area contributed by atoms with Gasteiger partial charge in [-0.15, -0.1) is 0 Å². The lowest BCUT2D eigenvalue weighted by molar-refractivity contribution is 0.590. The SMILES string of the molecule is CC(C)(C)c1ccc(CS(=O)c2ccc(N)cc2Br)cc1. The van der Waals surface area contributed by atoms with Gasteiger partial charge in [0.05, 0.1) is 21.4 Å². The van der Waals surface area contributed by atoms with Crippen LogP contribution in [0.2, 0.25) is 0 Å². The van der Waals surface area contributed by atoms with Gasteiger partial charge >= 0.3 is 0 Å². The molecule has 0 aliphatic carbocycles. The summed E-state index contributed by atoms with van der Waals surface area (Å²) in [5.74, 6) is 0.507. The van der Waals surface area contributed by atoms with Gasteiger partial charge in [0.15, 0.2) is 0 Å². The maximum absolute atomic E-state index is 12.5. The molecule has 2 nitrogen and oxygen atoms in total. The number of hydrogen-bond acceptors (Lipinski definition) is 2. The standard InChI is InChI=1S/C17H20BrNOS/c1-17(2,3)13-6-4-12(5-7-13)11-21(20)16-9-8-14(19)10-15(16)18/h4-10H,11,19H2,1-3H3. The molecule has 0 saturated carbocycles. The van der Waals surface area contributed by atoms with E-state index in [0.717, 1.165) is 14.9 Å². The number of rotatable bonds is 3. The second-order valence-corrected chi connectivity index (χ2v) is 8.40. The Balaban J connectivity index is 2.16. The largest absolute Gasteiger partial charge is 0.399 e. The summed E-state index contributed by atoms with van der Waals surface area (Å²) in [5.41, 5.74) is 8.87. The van der Waals surface area contributed by atoms with Crippen LogP contribution in [0.1, 0.15) is 31.9 Å². The average Bonchev–Trinajstić information content (AvgIpc) is 2.38. The molecule has 0 radical (unpaired) electrons. The molecular weight excluding hydrogens is 346 g/mol. The van der Waals surface area contributed by atoms with E-state index < -0.39 is 10.8 Å². The molecule has 1 atom stereocenters. The van der Waals surface area contributed by atoms with Gasteiger partial charge in [-0.25, -0.2) is 0 Å². The van der Waals surface area contributed by atoms with Crippen LogP contribution in [0, 0.1) is 0 Å². The zero-order valence-corrected chi connectivity index (χ0v) is 14.9. The molecule has 0 amide bonds. The van der Waals surface area contributed by atoms with E-state index >= 15 is 0 Å². The first-order valence-corrected chi connectivity index (χ1v) is 8.91. The van der Waals surface area contributed by atoms with Crippen molar-refractivity contribution in [3.8, 4) is 0 Å². The van der Waals surface area contributed by atoms with Gasteiger partial charge in [-0.05, 0) is 50.7 Å². The molecule has 0 spiro atoms. The molecule has 2 N–H and O–H groups in total. The average molecular weight is 366 g/mol. The normalized spacial score (nSPS) is 13.1. The molecule has 0 heterocycles. The lowest BCUT2D eigenvalue weighted by Gasteiger charge is -2.19. The van der Waals surface area contributed by atoms with Gasteiger partial charge in [0.2, 0.25) is 0 Å². The molecule has 4 heteroatoms. The van der Waals surface area contributed by atoms with Gasteiger partial charge in [-0.1, -0.05) is 45.0 Å². The fourth-order valence-electron chi connectivity index (χ4n) is 2.03. The van der Waals surface area contributed by atoms with Crippen molar-refractivity contribution in [1.82, 2.24) is 0 Å². The lowest BCUT2D eigenvalue weighted by atomic mass is 9.87. The maximum Gasteiger partial charge on any atom is 0.0585 e. The predicted octanol–water partition coefficient (Wildman–Crippen LogP) is 4.64. The fraction of sp³-hybridized carbons (Fsp3) is 0.294. The Labute approximate surface area is 137 Å². The summed E-state index contributed by atoms with van der Waals surface area (Å²) in [6.45, 7) is 6.56. The molecule has 2 aromatic rings. The fourth-order valence-corrected chi connectivity index (χ4v) is 4.12. The zero-order chi connectivity index (χ0) is 15.6. The zero-order valence-electron chi connectivity index (χ0n) is 12.5. The topological polar surface area (TPSA) is 43.1 Å². The highest BCUT2D eigenvalue weighted by Gasteiger charge is 2.14. The van der Waals surface area contributed by atoms with Crippen molar-refractivity contribution in [3.05, 3.63) is 58.1 Å². The molecule has 0 aliphatic rings. The second-order valence-electron chi connectivity index (χ2n) is 6.13. The number of hydrogen-bond donors (Lipinski definition) is 1. The van der Waals surface area contributed by atoms with Crippen molar-refractivity contribution in [2.45, 2.75) is 36.8 Å². The van der Waals surface area contributed by atoms with E-state index in [9.17, 15) is 4.21 Å². The Morgan fingerprint density at radius 2 is 1.71 bits per heavy atom. The van der Waals surface area contributed by atoms with Crippen LogP contribution in [0.3, 0.4) is 0 Å². The van der Waals surface area contributed by atoms with E-state index in [4.69, 9.17) is 5.73 Å². The summed E-state index contributed by atoms with van der Waals surface area (Å²) in [5, 5.41) is 0. The van der Waals surface area contributed by atoms with Crippen LogP contribution in [-0.2, 0) is 22.0 Å². The van der Waals surface area contributed by atoms with E-state index in [2.05, 4.69) is 61.0 Å². The van der Waals surface area contributed by atoms with E-state index in [1.54, 1.807) is 12.1 Å². The molecule has 2 rings (SSSR count). The molecule has 0 fully saturated rings. The minimum absolute atomic E-state index is 0.137. The van der Waals surface area contributed by atoms with Crippen molar-refractivity contribution >= 4 is 32.4 Å². The second kappa shape index (κ2) is 6.32. The molecular formula is C17H20BrNOS. The third-order valence-electron chi connectivity index (χ3n) is 3.32. The maximum atomic E-state index is 12.5.